The number of fused-ring (bicyclic) bond motifs is 4. The van der Waals surface area contributed by atoms with Gasteiger partial charge in [-0.25, -0.2) is 0 Å². The zero-order valence-electron chi connectivity index (χ0n) is 13.5. The van der Waals surface area contributed by atoms with Gasteiger partial charge in [0, 0.05) is 5.41 Å². The number of hydrogen-bond acceptors (Lipinski definition) is 1. The summed E-state index contributed by atoms with van der Waals surface area (Å²) in [4.78, 5) is 0. The lowest BCUT2D eigenvalue weighted by molar-refractivity contribution is 0.412. The molecule has 4 rings (SSSR count). The van der Waals surface area contributed by atoms with E-state index in [2.05, 4.69) is 62.4 Å². The summed E-state index contributed by atoms with van der Waals surface area (Å²) in [6.45, 7) is 4.73. The van der Waals surface area contributed by atoms with E-state index < -0.39 is 0 Å². The van der Waals surface area contributed by atoms with Crippen LogP contribution in [-0.4, -0.2) is 7.11 Å². The first-order valence-electron chi connectivity index (χ1n) is 8.08. The van der Waals surface area contributed by atoms with Crippen LogP contribution < -0.4 is 4.74 Å². The molecule has 1 nitrogen and oxygen atoms in total. The van der Waals surface area contributed by atoms with E-state index in [0.29, 0.717) is 5.92 Å². The van der Waals surface area contributed by atoms with Crippen molar-refractivity contribution < 1.29 is 4.74 Å². The van der Waals surface area contributed by atoms with Gasteiger partial charge in [0.15, 0.2) is 0 Å². The zero-order chi connectivity index (χ0) is 15.3. The summed E-state index contributed by atoms with van der Waals surface area (Å²) >= 11 is 0. The monoisotopic (exact) mass is 290 g/mol. The van der Waals surface area contributed by atoms with E-state index in [1.165, 1.54) is 27.8 Å². The first-order valence-corrected chi connectivity index (χ1v) is 8.08. The average Bonchev–Trinajstić information content (AvgIpc) is 2.73. The third kappa shape index (κ3) is 1.92. The summed E-state index contributed by atoms with van der Waals surface area (Å²) in [5, 5.41) is 0. The number of ether oxygens (including phenoxy) is 1. The van der Waals surface area contributed by atoms with Gasteiger partial charge in [-0.3, -0.25) is 0 Å². The zero-order valence-corrected chi connectivity index (χ0v) is 13.5. The minimum atomic E-state index is 0.204. The Labute approximate surface area is 132 Å². The molecule has 0 aliphatic heterocycles. The van der Waals surface area contributed by atoms with Gasteiger partial charge in [0.25, 0.3) is 0 Å². The molecule has 0 radical (unpaired) electrons. The van der Waals surface area contributed by atoms with Gasteiger partial charge >= 0.3 is 0 Å². The van der Waals surface area contributed by atoms with E-state index in [1.807, 2.05) is 0 Å². The maximum atomic E-state index is 5.45. The number of methoxy groups -OCH3 is 1. The summed E-state index contributed by atoms with van der Waals surface area (Å²) in [5.74, 6) is 1.41. The van der Waals surface area contributed by atoms with Gasteiger partial charge in [-0.05, 0) is 58.7 Å². The summed E-state index contributed by atoms with van der Waals surface area (Å²) in [6, 6.07) is 15.5. The van der Waals surface area contributed by atoms with Crippen molar-refractivity contribution in [1.29, 1.82) is 0 Å². The Bertz CT molecular complexity index is 771. The van der Waals surface area contributed by atoms with Gasteiger partial charge in [-0.1, -0.05) is 50.3 Å². The third-order valence-electron chi connectivity index (χ3n) is 5.38. The minimum absolute atomic E-state index is 0.204. The Balaban J connectivity index is 1.88. The molecule has 0 spiro atoms. The smallest absolute Gasteiger partial charge is 0.119 e. The molecule has 112 valence electrons. The number of rotatable bonds is 1. The molecule has 0 fully saturated rings. The SMILES string of the molecule is COc1ccc2c(c1)CC1(C)Cc3ccccc3C1=CC2C. The second-order valence-corrected chi connectivity index (χ2v) is 7.01. The van der Waals surface area contributed by atoms with E-state index in [0.717, 1.165) is 18.6 Å². The van der Waals surface area contributed by atoms with Gasteiger partial charge in [-0.15, -0.1) is 0 Å². The second-order valence-electron chi connectivity index (χ2n) is 7.01. The van der Waals surface area contributed by atoms with E-state index >= 15 is 0 Å². The molecule has 2 atom stereocenters. The van der Waals surface area contributed by atoms with Crippen molar-refractivity contribution in [2.45, 2.75) is 32.6 Å². The second kappa shape index (κ2) is 4.74. The molecule has 0 amide bonds. The van der Waals surface area contributed by atoms with Crippen LogP contribution in [0.25, 0.3) is 5.57 Å². The topological polar surface area (TPSA) is 9.23 Å². The molecule has 0 heterocycles. The Kier molecular flexibility index (Phi) is 2.94. The van der Waals surface area contributed by atoms with Crippen molar-refractivity contribution in [3.63, 3.8) is 0 Å². The third-order valence-corrected chi connectivity index (χ3v) is 5.38. The Morgan fingerprint density at radius 2 is 1.82 bits per heavy atom. The molecule has 2 aromatic carbocycles. The highest BCUT2D eigenvalue weighted by atomic mass is 16.5. The molecule has 0 bridgehead atoms. The molecule has 0 N–H and O–H groups in total. The largest absolute Gasteiger partial charge is 0.497 e. The van der Waals surface area contributed by atoms with Crippen LogP contribution in [0.1, 0.15) is 42.0 Å². The maximum Gasteiger partial charge on any atom is 0.119 e. The van der Waals surface area contributed by atoms with E-state index in [-0.39, 0.29) is 5.41 Å². The van der Waals surface area contributed by atoms with Crippen LogP contribution >= 0.6 is 0 Å². The van der Waals surface area contributed by atoms with Crippen molar-refractivity contribution in [1.82, 2.24) is 0 Å². The average molecular weight is 290 g/mol. The fourth-order valence-electron chi connectivity index (χ4n) is 4.29. The molecule has 0 aromatic heterocycles. The molecule has 2 aliphatic carbocycles. The highest BCUT2D eigenvalue weighted by Crippen LogP contribution is 2.52. The van der Waals surface area contributed by atoms with E-state index in [1.54, 1.807) is 7.11 Å². The Morgan fingerprint density at radius 3 is 2.64 bits per heavy atom. The maximum absolute atomic E-state index is 5.45. The van der Waals surface area contributed by atoms with Crippen LogP contribution in [0.3, 0.4) is 0 Å². The normalized spacial score (nSPS) is 25.6. The Hall–Kier alpha value is -2.02. The molecule has 22 heavy (non-hydrogen) atoms. The lowest BCUT2D eigenvalue weighted by Gasteiger charge is -2.26. The number of benzene rings is 2. The predicted molar refractivity (Wildman–Crippen MR) is 91.3 cm³/mol. The predicted octanol–water partition coefficient (Wildman–Crippen LogP) is 5.00. The highest BCUT2D eigenvalue weighted by molar-refractivity contribution is 5.79. The first kappa shape index (κ1) is 13.6. The Morgan fingerprint density at radius 1 is 1.05 bits per heavy atom. The van der Waals surface area contributed by atoms with Crippen LogP contribution in [0.2, 0.25) is 0 Å². The van der Waals surface area contributed by atoms with Gasteiger partial charge < -0.3 is 4.74 Å². The number of hydrogen-bond donors (Lipinski definition) is 0. The highest BCUT2D eigenvalue weighted by Gasteiger charge is 2.40. The molecular weight excluding hydrogens is 268 g/mol. The molecule has 2 aromatic rings. The summed E-state index contributed by atoms with van der Waals surface area (Å²) in [6.07, 6.45) is 4.72. The molecular formula is C21H22O. The van der Waals surface area contributed by atoms with Crippen molar-refractivity contribution in [2.24, 2.45) is 5.41 Å². The summed E-state index contributed by atoms with van der Waals surface area (Å²) in [5.41, 5.74) is 7.57. The molecule has 0 saturated carbocycles. The van der Waals surface area contributed by atoms with Gasteiger partial charge in [0.05, 0.1) is 7.11 Å². The van der Waals surface area contributed by atoms with Crippen molar-refractivity contribution in [3.8, 4) is 5.75 Å². The quantitative estimate of drug-likeness (QED) is 0.718. The van der Waals surface area contributed by atoms with Gasteiger partial charge in [0.2, 0.25) is 0 Å². The van der Waals surface area contributed by atoms with Crippen LogP contribution in [0.5, 0.6) is 5.75 Å². The molecule has 1 heteroatoms. The van der Waals surface area contributed by atoms with Gasteiger partial charge in [-0.2, -0.15) is 0 Å². The van der Waals surface area contributed by atoms with Crippen LogP contribution in [0.4, 0.5) is 0 Å². The first-order chi connectivity index (χ1) is 10.6. The van der Waals surface area contributed by atoms with E-state index in [4.69, 9.17) is 4.74 Å². The van der Waals surface area contributed by atoms with Crippen LogP contribution in [0, 0.1) is 5.41 Å². The van der Waals surface area contributed by atoms with Crippen molar-refractivity contribution in [3.05, 3.63) is 70.8 Å². The minimum Gasteiger partial charge on any atom is -0.497 e. The molecule has 2 unspecified atom stereocenters. The standard InChI is InChI=1S/C21H22O/c1-14-10-20-19-7-5-4-6-15(19)12-21(20,2)13-16-11-17(22-3)8-9-18(14)16/h4-11,14H,12-13H2,1-3H3. The van der Waals surface area contributed by atoms with Crippen molar-refractivity contribution in [2.75, 3.05) is 7.11 Å². The van der Waals surface area contributed by atoms with Crippen LogP contribution in [0.15, 0.2) is 48.5 Å². The summed E-state index contributed by atoms with van der Waals surface area (Å²) in [7, 11) is 1.75. The lowest BCUT2D eigenvalue weighted by atomic mass is 9.78. The molecule has 0 saturated heterocycles. The lowest BCUT2D eigenvalue weighted by Crippen LogP contribution is -2.18. The van der Waals surface area contributed by atoms with Crippen molar-refractivity contribution >= 4 is 5.57 Å². The van der Waals surface area contributed by atoms with Gasteiger partial charge in [0.1, 0.15) is 5.75 Å². The van der Waals surface area contributed by atoms with E-state index in [9.17, 15) is 0 Å². The summed E-state index contributed by atoms with van der Waals surface area (Å²) < 4.78 is 5.45. The van der Waals surface area contributed by atoms with Crippen LogP contribution in [-0.2, 0) is 12.8 Å². The fraction of sp³-hybridized carbons (Fsp3) is 0.333. The number of allylic oxidation sites excluding steroid dienone is 2. The fourth-order valence-corrected chi connectivity index (χ4v) is 4.29. The molecule has 2 aliphatic rings.